The van der Waals surface area contributed by atoms with Gasteiger partial charge in [-0.15, -0.1) is 0 Å². The highest BCUT2D eigenvalue weighted by Gasteiger charge is 2.16. The third kappa shape index (κ3) is 5.17. The van der Waals surface area contributed by atoms with Crippen LogP contribution in [0, 0.1) is 17.5 Å². The van der Waals surface area contributed by atoms with Crippen LogP contribution in [0.25, 0.3) is 0 Å². The molecule has 3 rings (SSSR count). The van der Waals surface area contributed by atoms with Gasteiger partial charge in [0.15, 0.2) is 11.6 Å². The number of anilines is 2. The van der Waals surface area contributed by atoms with Crippen LogP contribution in [-0.2, 0) is 13.1 Å². The molecule has 0 amide bonds. The minimum absolute atomic E-state index is 0.0163. The summed E-state index contributed by atoms with van der Waals surface area (Å²) in [6, 6.07) is 6.75. The van der Waals surface area contributed by atoms with E-state index in [4.69, 9.17) is 9.84 Å². The Morgan fingerprint density at radius 3 is 2.44 bits per heavy atom. The molecule has 0 saturated heterocycles. The third-order valence-electron chi connectivity index (χ3n) is 4.37. The Balaban J connectivity index is 2.05. The zero-order valence-electron chi connectivity index (χ0n) is 17.3. The Morgan fingerprint density at radius 2 is 1.81 bits per heavy atom. The van der Waals surface area contributed by atoms with E-state index in [1.807, 2.05) is 0 Å². The summed E-state index contributed by atoms with van der Waals surface area (Å²) in [5.41, 5.74) is -1.73. The number of aliphatic hydroxyl groups excluding tert-OH is 1. The van der Waals surface area contributed by atoms with Crippen molar-refractivity contribution >= 4 is 11.6 Å². The fraction of sp³-hybridized carbons (Fsp3) is 0.286. The number of nitrogens with one attached hydrogen (secondary N) is 1. The van der Waals surface area contributed by atoms with Crippen LogP contribution in [0.4, 0.5) is 24.8 Å². The van der Waals surface area contributed by atoms with Crippen molar-refractivity contribution in [3.63, 3.8) is 0 Å². The zero-order chi connectivity index (χ0) is 23.4. The summed E-state index contributed by atoms with van der Waals surface area (Å²) in [6.45, 7) is 2.25. The van der Waals surface area contributed by atoms with Crippen molar-refractivity contribution in [2.45, 2.75) is 33.0 Å². The lowest BCUT2D eigenvalue weighted by atomic mass is 10.2. The van der Waals surface area contributed by atoms with Crippen molar-refractivity contribution in [2.75, 3.05) is 11.9 Å². The molecule has 2 N–H and O–H groups in total. The molecule has 11 heteroatoms. The second-order valence-electron chi connectivity index (χ2n) is 7.13. The van der Waals surface area contributed by atoms with Gasteiger partial charge in [0.1, 0.15) is 11.6 Å². The van der Waals surface area contributed by atoms with E-state index >= 15 is 0 Å². The zero-order valence-corrected chi connectivity index (χ0v) is 17.3. The highest BCUT2D eigenvalue weighted by Crippen LogP contribution is 2.24. The van der Waals surface area contributed by atoms with Crippen LogP contribution in [0.2, 0.25) is 0 Å². The van der Waals surface area contributed by atoms with Crippen molar-refractivity contribution in [1.82, 2.24) is 14.1 Å². The van der Waals surface area contributed by atoms with Gasteiger partial charge in [-0.3, -0.25) is 4.57 Å². The second-order valence-corrected chi connectivity index (χ2v) is 7.13. The molecule has 3 aromatic rings. The first kappa shape index (κ1) is 23.1. The number of rotatable bonds is 8. The van der Waals surface area contributed by atoms with Gasteiger partial charge in [-0.25, -0.2) is 27.3 Å². The van der Waals surface area contributed by atoms with E-state index in [-0.39, 0.29) is 35.6 Å². The number of hydrogen-bond acceptors (Lipinski definition) is 6. The first-order valence-electron chi connectivity index (χ1n) is 9.69. The van der Waals surface area contributed by atoms with Gasteiger partial charge in [0, 0.05) is 23.4 Å². The molecule has 1 aromatic heterocycles. The quantitative estimate of drug-likeness (QED) is 0.547. The molecule has 0 saturated carbocycles. The minimum Gasteiger partial charge on any atom is -0.488 e. The van der Waals surface area contributed by atoms with Gasteiger partial charge in [-0.05, 0) is 32.0 Å². The standard InChI is InChI=1S/C21H21F3N4O4/c1-12(2)32-18-6-5-15(10-17(18)24)25-19-26-20(30)27(7-8-29)21(31)28(19)11-13-3-4-14(22)9-16(13)23/h3-6,9-10,12,29H,7-8,11H2,1-2H3,(H,25,26,30). The lowest BCUT2D eigenvalue weighted by Crippen LogP contribution is -2.43. The lowest BCUT2D eigenvalue weighted by Gasteiger charge is -2.16. The average Bonchev–Trinajstić information content (AvgIpc) is 2.71. The van der Waals surface area contributed by atoms with E-state index in [1.165, 1.54) is 12.1 Å². The fourth-order valence-corrected chi connectivity index (χ4v) is 2.94. The van der Waals surface area contributed by atoms with E-state index in [9.17, 15) is 22.8 Å². The van der Waals surface area contributed by atoms with Crippen LogP contribution < -0.4 is 21.4 Å². The molecule has 32 heavy (non-hydrogen) atoms. The molecule has 0 unspecified atom stereocenters. The van der Waals surface area contributed by atoms with Gasteiger partial charge in [-0.2, -0.15) is 4.98 Å². The fourth-order valence-electron chi connectivity index (χ4n) is 2.94. The van der Waals surface area contributed by atoms with E-state index in [2.05, 4.69) is 10.3 Å². The largest absolute Gasteiger partial charge is 0.488 e. The number of hydrogen-bond donors (Lipinski definition) is 2. The molecule has 170 valence electrons. The maximum absolute atomic E-state index is 14.3. The summed E-state index contributed by atoms with van der Waals surface area (Å²) >= 11 is 0. The monoisotopic (exact) mass is 450 g/mol. The van der Waals surface area contributed by atoms with Gasteiger partial charge in [-0.1, -0.05) is 6.07 Å². The lowest BCUT2D eigenvalue weighted by molar-refractivity contribution is 0.231. The summed E-state index contributed by atoms with van der Waals surface area (Å²) in [6.07, 6.45) is -0.250. The number of aliphatic hydroxyl groups is 1. The Hall–Kier alpha value is -3.60. The predicted molar refractivity (Wildman–Crippen MR) is 111 cm³/mol. The molecule has 1 heterocycles. The molecular formula is C21H21F3N4O4. The SMILES string of the molecule is CC(C)Oc1ccc(Nc2nc(=O)n(CCO)c(=O)n2Cc2ccc(F)cc2F)cc1F. The Kier molecular flexibility index (Phi) is 6.98. The van der Waals surface area contributed by atoms with Gasteiger partial charge in [0.05, 0.1) is 25.8 Å². The molecule has 0 aliphatic heterocycles. The highest BCUT2D eigenvalue weighted by atomic mass is 19.1. The van der Waals surface area contributed by atoms with Crippen molar-refractivity contribution in [2.24, 2.45) is 0 Å². The van der Waals surface area contributed by atoms with Gasteiger partial charge >= 0.3 is 11.4 Å². The number of benzene rings is 2. The van der Waals surface area contributed by atoms with Crippen LogP contribution in [0.15, 0.2) is 46.0 Å². The molecule has 0 spiro atoms. The van der Waals surface area contributed by atoms with E-state index in [1.54, 1.807) is 13.8 Å². The third-order valence-corrected chi connectivity index (χ3v) is 4.37. The first-order chi connectivity index (χ1) is 15.2. The molecule has 0 aliphatic carbocycles. The second kappa shape index (κ2) is 9.69. The Morgan fingerprint density at radius 1 is 1.06 bits per heavy atom. The summed E-state index contributed by atoms with van der Waals surface area (Å²) in [5.74, 6) is -2.64. The molecule has 2 aromatic carbocycles. The normalized spacial score (nSPS) is 11.1. The van der Waals surface area contributed by atoms with Crippen molar-refractivity contribution < 1.29 is 23.0 Å². The Bertz CT molecular complexity index is 1240. The minimum atomic E-state index is -0.956. The molecule has 8 nitrogen and oxygen atoms in total. The summed E-state index contributed by atoms with van der Waals surface area (Å²) in [4.78, 5) is 28.9. The van der Waals surface area contributed by atoms with Crippen LogP contribution >= 0.6 is 0 Å². The molecule has 0 aliphatic rings. The number of aromatic nitrogens is 3. The van der Waals surface area contributed by atoms with Crippen molar-refractivity contribution in [3.8, 4) is 5.75 Å². The maximum Gasteiger partial charge on any atom is 0.355 e. The van der Waals surface area contributed by atoms with Crippen molar-refractivity contribution in [1.29, 1.82) is 0 Å². The average molecular weight is 450 g/mol. The van der Waals surface area contributed by atoms with Crippen LogP contribution in [0.5, 0.6) is 5.75 Å². The van der Waals surface area contributed by atoms with Crippen LogP contribution in [-0.4, -0.2) is 31.9 Å². The number of ether oxygens (including phenoxy) is 1. The van der Waals surface area contributed by atoms with E-state index in [0.717, 1.165) is 22.8 Å². The smallest absolute Gasteiger partial charge is 0.355 e. The first-order valence-corrected chi connectivity index (χ1v) is 9.69. The topological polar surface area (TPSA) is 98.4 Å². The van der Waals surface area contributed by atoms with Crippen molar-refractivity contribution in [3.05, 3.63) is 80.4 Å². The molecular weight excluding hydrogens is 429 g/mol. The van der Waals surface area contributed by atoms with Gasteiger partial charge in [0.2, 0.25) is 5.95 Å². The summed E-state index contributed by atoms with van der Waals surface area (Å²) in [5, 5.41) is 11.8. The van der Waals surface area contributed by atoms with Gasteiger partial charge in [0.25, 0.3) is 0 Å². The molecule has 0 atom stereocenters. The maximum atomic E-state index is 14.3. The summed E-state index contributed by atoms with van der Waals surface area (Å²) in [7, 11) is 0. The molecule has 0 bridgehead atoms. The van der Waals surface area contributed by atoms with Crippen LogP contribution in [0.3, 0.4) is 0 Å². The Labute approximate surface area is 180 Å². The van der Waals surface area contributed by atoms with Crippen LogP contribution in [0.1, 0.15) is 19.4 Å². The molecule has 0 radical (unpaired) electrons. The van der Waals surface area contributed by atoms with E-state index in [0.29, 0.717) is 10.6 Å². The predicted octanol–water partition coefficient (Wildman–Crippen LogP) is 2.39. The summed E-state index contributed by atoms with van der Waals surface area (Å²) < 4.78 is 48.7. The van der Waals surface area contributed by atoms with E-state index < -0.39 is 42.0 Å². The number of halogens is 3. The van der Waals surface area contributed by atoms with Gasteiger partial charge < -0.3 is 15.2 Å². The highest BCUT2D eigenvalue weighted by molar-refractivity contribution is 5.55. The molecule has 0 fully saturated rings. The number of nitrogens with zero attached hydrogens (tertiary/aromatic N) is 3.